The third-order valence-corrected chi connectivity index (χ3v) is 5.92. The fourth-order valence-corrected chi connectivity index (χ4v) is 4.16. The number of benzene rings is 1. The summed E-state index contributed by atoms with van der Waals surface area (Å²) >= 11 is 0. The van der Waals surface area contributed by atoms with Gasteiger partial charge in [-0.1, -0.05) is 50.6 Å². The van der Waals surface area contributed by atoms with Crippen molar-refractivity contribution in [1.29, 1.82) is 0 Å². The Morgan fingerprint density at radius 3 is 2.32 bits per heavy atom. The van der Waals surface area contributed by atoms with E-state index in [0.717, 1.165) is 44.2 Å². The number of carbonyl (C=O) groups excluding carboxylic acids is 1. The molecule has 0 aromatic heterocycles. The third kappa shape index (κ3) is 3.06. The number of carbonyl (C=O) groups is 1. The Morgan fingerprint density at radius 2 is 1.82 bits per heavy atom. The van der Waals surface area contributed by atoms with Crippen molar-refractivity contribution in [1.82, 2.24) is 4.90 Å². The van der Waals surface area contributed by atoms with Crippen LogP contribution in [-0.2, 0) is 11.2 Å². The Labute approximate surface area is 134 Å². The topological polar surface area (TPSA) is 20.3 Å². The molecule has 120 valence electrons. The Hall–Kier alpha value is -1.31. The number of piperidine rings is 1. The molecule has 1 saturated carbocycles. The summed E-state index contributed by atoms with van der Waals surface area (Å²) < 4.78 is 0. The summed E-state index contributed by atoms with van der Waals surface area (Å²) in [6, 6.07) is 10.5. The lowest BCUT2D eigenvalue weighted by molar-refractivity contribution is -0.149. The van der Waals surface area contributed by atoms with Crippen molar-refractivity contribution in [2.75, 3.05) is 13.1 Å². The molecular formula is C20H29NO. The van der Waals surface area contributed by atoms with Gasteiger partial charge >= 0.3 is 0 Å². The quantitative estimate of drug-likeness (QED) is 0.812. The average molecular weight is 299 g/mol. The van der Waals surface area contributed by atoms with Crippen LogP contribution in [0.5, 0.6) is 0 Å². The van der Waals surface area contributed by atoms with Gasteiger partial charge in [-0.2, -0.15) is 0 Å². The average Bonchev–Trinajstić information content (AvgIpc) is 2.51. The van der Waals surface area contributed by atoms with Crippen molar-refractivity contribution < 1.29 is 4.79 Å². The maximum Gasteiger partial charge on any atom is 0.229 e. The summed E-state index contributed by atoms with van der Waals surface area (Å²) in [6.07, 6.45) is 6.66. The van der Waals surface area contributed by atoms with E-state index in [4.69, 9.17) is 0 Å². The molecule has 2 heteroatoms. The molecule has 0 bridgehead atoms. The Bertz CT molecular complexity index is 496. The number of likely N-dealkylation sites (tertiary alicyclic amines) is 1. The molecule has 0 unspecified atom stereocenters. The molecule has 1 heterocycles. The summed E-state index contributed by atoms with van der Waals surface area (Å²) in [7, 11) is 0. The van der Waals surface area contributed by atoms with E-state index in [0.29, 0.717) is 5.91 Å². The van der Waals surface area contributed by atoms with E-state index >= 15 is 0 Å². The second-order valence-corrected chi connectivity index (χ2v) is 7.67. The van der Waals surface area contributed by atoms with E-state index in [1.807, 2.05) is 0 Å². The number of rotatable bonds is 4. The van der Waals surface area contributed by atoms with Crippen LogP contribution in [0.3, 0.4) is 0 Å². The van der Waals surface area contributed by atoms with Crippen molar-refractivity contribution in [3.05, 3.63) is 35.9 Å². The van der Waals surface area contributed by atoms with Crippen LogP contribution in [0.15, 0.2) is 30.3 Å². The minimum atomic E-state index is -0.0912. The van der Waals surface area contributed by atoms with Gasteiger partial charge in [-0.25, -0.2) is 0 Å². The molecule has 1 saturated heterocycles. The molecule has 2 fully saturated rings. The van der Waals surface area contributed by atoms with E-state index in [1.54, 1.807) is 0 Å². The van der Waals surface area contributed by atoms with Crippen molar-refractivity contribution in [3.63, 3.8) is 0 Å². The fraction of sp³-hybridized carbons (Fsp3) is 0.650. The molecule has 1 aliphatic carbocycles. The first-order valence-electron chi connectivity index (χ1n) is 8.94. The van der Waals surface area contributed by atoms with Gasteiger partial charge < -0.3 is 4.90 Å². The number of amides is 1. The summed E-state index contributed by atoms with van der Waals surface area (Å²) in [6.45, 7) is 6.56. The Balaban J connectivity index is 1.65. The number of hydrogen-bond acceptors (Lipinski definition) is 1. The van der Waals surface area contributed by atoms with Gasteiger partial charge in [0.1, 0.15) is 0 Å². The van der Waals surface area contributed by atoms with Gasteiger partial charge in [-0.3, -0.25) is 4.79 Å². The SMILES string of the molecule is CC(C)C1CCN(C(=O)C2(Cc3ccccc3)CCC2)CC1. The highest BCUT2D eigenvalue weighted by atomic mass is 16.2. The van der Waals surface area contributed by atoms with E-state index in [9.17, 15) is 4.79 Å². The molecule has 1 aromatic carbocycles. The van der Waals surface area contributed by atoms with Gasteiger partial charge in [-0.05, 0) is 49.5 Å². The highest BCUT2D eigenvalue weighted by Crippen LogP contribution is 2.46. The maximum atomic E-state index is 13.1. The fourth-order valence-electron chi connectivity index (χ4n) is 4.16. The largest absolute Gasteiger partial charge is 0.342 e. The first-order chi connectivity index (χ1) is 10.6. The van der Waals surface area contributed by atoms with Crippen LogP contribution in [-0.4, -0.2) is 23.9 Å². The van der Waals surface area contributed by atoms with E-state index < -0.39 is 0 Å². The lowest BCUT2D eigenvalue weighted by Crippen LogP contribution is -2.51. The van der Waals surface area contributed by atoms with E-state index in [2.05, 4.69) is 49.1 Å². The zero-order valence-corrected chi connectivity index (χ0v) is 14.1. The van der Waals surface area contributed by atoms with Crippen LogP contribution in [0.25, 0.3) is 0 Å². The van der Waals surface area contributed by atoms with Crippen LogP contribution in [0.1, 0.15) is 51.5 Å². The predicted octanol–water partition coefficient (Wildman–Crippen LogP) is 4.29. The highest BCUT2D eigenvalue weighted by molar-refractivity contribution is 5.84. The second-order valence-electron chi connectivity index (χ2n) is 7.67. The molecule has 1 aliphatic heterocycles. The lowest BCUT2D eigenvalue weighted by Gasteiger charge is -2.45. The van der Waals surface area contributed by atoms with Gasteiger partial charge in [-0.15, -0.1) is 0 Å². The molecule has 0 spiro atoms. The molecule has 0 N–H and O–H groups in total. The van der Waals surface area contributed by atoms with Gasteiger partial charge in [0.05, 0.1) is 5.41 Å². The van der Waals surface area contributed by atoms with Crippen molar-refractivity contribution >= 4 is 5.91 Å². The van der Waals surface area contributed by atoms with Crippen molar-refractivity contribution in [2.45, 2.75) is 52.4 Å². The highest BCUT2D eigenvalue weighted by Gasteiger charge is 2.46. The van der Waals surface area contributed by atoms with E-state index in [1.165, 1.54) is 24.8 Å². The van der Waals surface area contributed by atoms with Gasteiger partial charge in [0.15, 0.2) is 0 Å². The molecule has 2 nitrogen and oxygen atoms in total. The summed E-state index contributed by atoms with van der Waals surface area (Å²) in [4.78, 5) is 15.3. The van der Waals surface area contributed by atoms with Crippen molar-refractivity contribution in [3.8, 4) is 0 Å². The standard InChI is InChI=1S/C20H29NO/c1-16(2)18-9-13-21(14-10-18)19(22)20(11-6-12-20)15-17-7-4-3-5-8-17/h3-5,7-8,16,18H,6,9-15H2,1-2H3. The summed E-state index contributed by atoms with van der Waals surface area (Å²) in [5, 5.41) is 0. The lowest BCUT2D eigenvalue weighted by atomic mass is 9.64. The van der Waals surface area contributed by atoms with Crippen LogP contribution in [0, 0.1) is 17.3 Å². The molecule has 2 aliphatic rings. The minimum absolute atomic E-state index is 0.0912. The molecule has 0 atom stereocenters. The number of hydrogen-bond donors (Lipinski definition) is 0. The normalized spacial score (nSPS) is 21.7. The second kappa shape index (κ2) is 6.44. The molecule has 22 heavy (non-hydrogen) atoms. The number of nitrogens with zero attached hydrogens (tertiary/aromatic N) is 1. The smallest absolute Gasteiger partial charge is 0.229 e. The van der Waals surface area contributed by atoms with Crippen LogP contribution < -0.4 is 0 Å². The molecule has 3 rings (SSSR count). The van der Waals surface area contributed by atoms with Gasteiger partial charge in [0.2, 0.25) is 5.91 Å². The predicted molar refractivity (Wildman–Crippen MR) is 90.6 cm³/mol. The van der Waals surface area contributed by atoms with Crippen molar-refractivity contribution in [2.24, 2.45) is 17.3 Å². The summed E-state index contributed by atoms with van der Waals surface area (Å²) in [5.41, 5.74) is 1.22. The maximum absolute atomic E-state index is 13.1. The van der Waals surface area contributed by atoms with Crippen LogP contribution in [0.4, 0.5) is 0 Å². The van der Waals surface area contributed by atoms with Gasteiger partial charge in [0, 0.05) is 13.1 Å². The Morgan fingerprint density at radius 1 is 1.18 bits per heavy atom. The summed E-state index contributed by atoms with van der Waals surface area (Å²) in [5.74, 6) is 1.99. The molecule has 1 amide bonds. The first kappa shape index (κ1) is 15.6. The van der Waals surface area contributed by atoms with E-state index in [-0.39, 0.29) is 5.41 Å². The van der Waals surface area contributed by atoms with Crippen LogP contribution in [0.2, 0.25) is 0 Å². The zero-order chi connectivity index (χ0) is 15.6. The Kier molecular flexibility index (Phi) is 4.56. The third-order valence-electron chi connectivity index (χ3n) is 5.92. The monoisotopic (exact) mass is 299 g/mol. The molecule has 0 radical (unpaired) electrons. The minimum Gasteiger partial charge on any atom is -0.342 e. The molecule has 1 aromatic rings. The van der Waals surface area contributed by atoms with Crippen LogP contribution >= 0.6 is 0 Å². The molecular weight excluding hydrogens is 270 g/mol. The zero-order valence-electron chi connectivity index (χ0n) is 14.1. The first-order valence-corrected chi connectivity index (χ1v) is 8.94. The van der Waals surface area contributed by atoms with Gasteiger partial charge in [0.25, 0.3) is 0 Å².